The lowest BCUT2D eigenvalue weighted by Gasteiger charge is -2.09. The Balaban J connectivity index is 2.53. The number of amides is 1. The van der Waals surface area contributed by atoms with E-state index in [0.717, 1.165) is 0 Å². The summed E-state index contributed by atoms with van der Waals surface area (Å²) in [6.45, 7) is -0.416. The number of aromatic nitrogens is 1. The van der Waals surface area contributed by atoms with Crippen LogP contribution in [0, 0.1) is 0 Å². The summed E-state index contributed by atoms with van der Waals surface area (Å²) in [6, 6.07) is 3.11. The van der Waals surface area contributed by atoms with E-state index in [1.54, 1.807) is 6.07 Å². The Morgan fingerprint density at radius 2 is 2.47 bits per heavy atom. The number of pyridine rings is 1. The highest BCUT2D eigenvalue weighted by molar-refractivity contribution is 5.71. The predicted octanol–water partition coefficient (Wildman–Crippen LogP) is -0.618. The van der Waals surface area contributed by atoms with Gasteiger partial charge in [0.25, 0.3) is 0 Å². The van der Waals surface area contributed by atoms with Gasteiger partial charge in [-0.3, -0.25) is 4.79 Å². The summed E-state index contributed by atoms with van der Waals surface area (Å²) in [6.07, 6.45) is 1.07. The molecule has 0 aliphatic heterocycles. The number of nitrogens with one attached hydrogen (secondary N) is 1. The molecule has 0 aliphatic carbocycles. The lowest BCUT2D eigenvalue weighted by Crippen LogP contribution is -2.21. The number of carbonyl (C=O) groups is 1. The van der Waals surface area contributed by atoms with Crippen molar-refractivity contribution < 1.29 is 19.7 Å². The maximum Gasteiger partial charge on any atom is 0.215 e. The molecule has 0 spiro atoms. The number of rotatable bonds is 6. The Kier molecular flexibility index (Phi) is 4.52. The molecule has 0 bridgehead atoms. The van der Waals surface area contributed by atoms with Crippen LogP contribution in [0.2, 0.25) is 0 Å². The zero-order chi connectivity index (χ0) is 11.1. The summed E-state index contributed by atoms with van der Waals surface area (Å²) >= 11 is 0. The molecular weight excluding hydrogens is 200 g/mol. The van der Waals surface area contributed by atoms with E-state index in [2.05, 4.69) is 10.3 Å². The minimum Gasteiger partial charge on any atom is -0.475 e. The van der Waals surface area contributed by atoms with Crippen molar-refractivity contribution >= 4 is 12.1 Å². The van der Waals surface area contributed by atoms with Crippen molar-refractivity contribution in [1.29, 1.82) is 0 Å². The number of aliphatic hydroxyl groups excluding tert-OH is 2. The fourth-order valence-corrected chi connectivity index (χ4v) is 0.880. The Morgan fingerprint density at radius 3 is 3.13 bits per heavy atom. The van der Waals surface area contributed by atoms with Gasteiger partial charge in [0.05, 0.1) is 6.61 Å². The van der Waals surface area contributed by atoms with Crippen LogP contribution in [0.4, 0.5) is 5.69 Å². The molecule has 1 aromatic heterocycles. The standard InChI is InChI=1S/C9H12N2O4/c12-4-8(14)5-15-9-3-7(11-6-13)1-2-10-9/h1-3,6,8,12,14H,4-5H2,(H,10,11,13). The SMILES string of the molecule is O=CNc1ccnc(OCC(O)CO)c1. The fraction of sp³-hybridized carbons (Fsp3) is 0.333. The Bertz CT molecular complexity index is 319. The first-order valence-electron chi connectivity index (χ1n) is 4.34. The van der Waals surface area contributed by atoms with Crippen molar-refractivity contribution in [3.05, 3.63) is 18.3 Å². The number of anilines is 1. The quantitative estimate of drug-likeness (QED) is 0.547. The molecule has 3 N–H and O–H groups in total. The Hall–Kier alpha value is -1.66. The minimum absolute atomic E-state index is 0.0476. The predicted molar refractivity (Wildman–Crippen MR) is 52.5 cm³/mol. The highest BCUT2D eigenvalue weighted by Crippen LogP contribution is 2.13. The van der Waals surface area contributed by atoms with Crippen LogP contribution in [-0.2, 0) is 4.79 Å². The van der Waals surface area contributed by atoms with Crippen molar-refractivity contribution in [1.82, 2.24) is 4.98 Å². The number of aliphatic hydroxyl groups is 2. The Morgan fingerprint density at radius 1 is 1.67 bits per heavy atom. The average Bonchev–Trinajstić information content (AvgIpc) is 2.27. The number of ether oxygens (including phenoxy) is 1. The van der Waals surface area contributed by atoms with Gasteiger partial charge in [0.15, 0.2) is 0 Å². The fourth-order valence-electron chi connectivity index (χ4n) is 0.880. The molecule has 6 heteroatoms. The van der Waals surface area contributed by atoms with Gasteiger partial charge in [0.2, 0.25) is 12.3 Å². The molecule has 6 nitrogen and oxygen atoms in total. The second kappa shape index (κ2) is 5.94. The van der Waals surface area contributed by atoms with Crippen molar-refractivity contribution in [2.24, 2.45) is 0 Å². The van der Waals surface area contributed by atoms with Crippen LogP contribution in [0.5, 0.6) is 5.88 Å². The minimum atomic E-state index is -0.936. The Labute approximate surface area is 86.5 Å². The molecule has 0 saturated heterocycles. The molecule has 0 aliphatic rings. The first-order chi connectivity index (χ1) is 7.26. The van der Waals surface area contributed by atoms with Gasteiger partial charge in [0.1, 0.15) is 12.7 Å². The maximum absolute atomic E-state index is 10.2. The normalized spacial score (nSPS) is 11.9. The van der Waals surface area contributed by atoms with Gasteiger partial charge >= 0.3 is 0 Å². The number of hydrogen-bond acceptors (Lipinski definition) is 5. The van der Waals surface area contributed by atoms with E-state index in [4.69, 9.17) is 14.9 Å². The third-order valence-electron chi connectivity index (χ3n) is 1.59. The van der Waals surface area contributed by atoms with E-state index in [-0.39, 0.29) is 19.1 Å². The van der Waals surface area contributed by atoms with Crippen LogP contribution >= 0.6 is 0 Å². The van der Waals surface area contributed by atoms with E-state index in [1.807, 2.05) is 0 Å². The van der Waals surface area contributed by atoms with Crippen molar-refractivity contribution in [2.45, 2.75) is 6.10 Å². The van der Waals surface area contributed by atoms with Crippen molar-refractivity contribution in [2.75, 3.05) is 18.5 Å². The van der Waals surface area contributed by atoms with Gasteiger partial charge in [-0.25, -0.2) is 4.98 Å². The monoisotopic (exact) mass is 212 g/mol. The number of carbonyl (C=O) groups excluding carboxylic acids is 1. The molecule has 1 unspecified atom stereocenters. The van der Waals surface area contributed by atoms with Crippen LogP contribution in [0.25, 0.3) is 0 Å². The second-order valence-corrected chi connectivity index (χ2v) is 2.79. The van der Waals surface area contributed by atoms with Crippen LogP contribution in [0.1, 0.15) is 0 Å². The van der Waals surface area contributed by atoms with E-state index in [9.17, 15) is 4.79 Å². The third kappa shape index (κ3) is 3.92. The molecule has 1 aromatic rings. The molecule has 1 heterocycles. The van der Waals surface area contributed by atoms with Gasteiger partial charge in [-0.15, -0.1) is 0 Å². The maximum atomic E-state index is 10.2. The zero-order valence-electron chi connectivity index (χ0n) is 7.96. The van der Waals surface area contributed by atoms with Crippen LogP contribution in [0.3, 0.4) is 0 Å². The summed E-state index contributed by atoms with van der Waals surface area (Å²) in [5, 5.41) is 20.0. The lowest BCUT2D eigenvalue weighted by molar-refractivity contribution is -0.105. The molecular formula is C9H12N2O4. The van der Waals surface area contributed by atoms with Crippen molar-refractivity contribution in [3.8, 4) is 5.88 Å². The largest absolute Gasteiger partial charge is 0.475 e. The summed E-state index contributed by atoms with van der Waals surface area (Å²) in [7, 11) is 0. The third-order valence-corrected chi connectivity index (χ3v) is 1.59. The lowest BCUT2D eigenvalue weighted by atomic mass is 10.4. The average molecular weight is 212 g/mol. The molecule has 1 rings (SSSR count). The van der Waals surface area contributed by atoms with E-state index in [0.29, 0.717) is 12.1 Å². The van der Waals surface area contributed by atoms with Crippen molar-refractivity contribution in [3.63, 3.8) is 0 Å². The summed E-state index contributed by atoms with van der Waals surface area (Å²) in [5.74, 6) is 0.273. The smallest absolute Gasteiger partial charge is 0.215 e. The molecule has 15 heavy (non-hydrogen) atoms. The van der Waals surface area contributed by atoms with E-state index < -0.39 is 6.10 Å². The molecule has 0 fully saturated rings. The highest BCUT2D eigenvalue weighted by atomic mass is 16.5. The molecule has 1 amide bonds. The highest BCUT2D eigenvalue weighted by Gasteiger charge is 2.04. The molecule has 0 radical (unpaired) electrons. The molecule has 1 atom stereocenters. The first-order valence-corrected chi connectivity index (χ1v) is 4.34. The molecule has 0 aromatic carbocycles. The second-order valence-electron chi connectivity index (χ2n) is 2.79. The van der Waals surface area contributed by atoms with E-state index in [1.165, 1.54) is 12.3 Å². The zero-order valence-corrected chi connectivity index (χ0v) is 7.96. The van der Waals surface area contributed by atoms with Gasteiger partial charge in [0, 0.05) is 18.0 Å². The van der Waals surface area contributed by atoms with Gasteiger partial charge in [-0.1, -0.05) is 0 Å². The molecule has 82 valence electrons. The molecule has 0 saturated carbocycles. The van der Waals surface area contributed by atoms with Gasteiger partial charge in [-0.2, -0.15) is 0 Å². The summed E-state index contributed by atoms with van der Waals surface area (Å²) < 4.78 is 5.07. The van der Waals surface area contributed by atoms with Crippen LogP contribution in [-0.4, -0.2) is 40.9 Å². The first kappa shape index (κ1) is 11.4. The topological polar surface area (TPSA) is 91.7 Å². The number of nitrogens with zero attached hydrogens (tertiary/aromatic N) is 1. The summed E-state index contributed by atoms with van der Waals surface area (Å²) in [5.41, 5.74) is 0.550. The van der Waals surface area contributed by atoms with Crippen LogP contribution in [0.15, 0.2) is 18.3 Å². The number of hydrogen-bond donors (Lipinski definition) is 3. The van der Waals surface area contributed by atoms with Crippen LogP contribution < -0.4 is 10.1 Å². The van der Waals surface area contributed by atoms with Gasteiger partial charge in [-0.05, 0) is 6.07 Å². The summed E-state index contributed by atoms with van der Waals surface area (Å²) in [4.78, 5) is 14.0. The van der Waals surface area contributed by atoms with Gasteiger partial charge < -0.3 is 20.3 Å². The van der Waals surface area contributed by atoms with E-state index >= 15 is 0 Å².